The largest absolute Gasteiger partial charge is 0.378 e. The van der Waals surface area contributed by atoms with Gasteiger partial charge in [-0.25, -0.2) is 4.98 Å². The van der Waals surface area contributed by atoms with E-state index >= 15 is 0 Å². The first-order valence-electron chi connectivity index (χ1n) is 5.79. The minimum absolute atomic E-state index is 0.759. The molecule has 2 aromatic rings. The Bertz CT molecular complexity index is 462. The van der Waals surface area contributed by atoms with Crippen LogP contribution >= 0.6 is 15.9 Å². The molecule has 3 nitrogen and oxygen atoms in total. The molecule has 0 unspecified atom stereocenters. The fraction of sp³-hybridized carbons (Fsp3) is 0.308. The number of imidazole rings is 1. The monoisotopic (exact) mass is 293 g/mol. The lowest BCUT2D eigenvalue weighted by atomic mass is 10.3. The Kier molecular flexibility index (Phi) is 4.20. The van der Waals surface area contributed by atoms with Crippen LogP contribution in [0.2, 0.25) is 0 Å². The fourth-order valence-electron chi connectivity index (χ4n) is 1.70. The molecule has 1 aromatic heterocycles. The highest BCUT2D eigenvalue weighted by Crippen LogP contribution is 2.14. The summed E-state index contributed by atoms with van der Waals surface area (Å²) in [4.78, 5) is 4.36. The molecule has 2 rings (SSSR count). The van der Waals surface area contributed by atoms with Crippen LogP contribution in [0.4, 0.5) is 5.69 Å². The number of nitrogens with zero attached hydrogens (tertiary/aromatic N) is 2. The third-order valence-corrected chi connectivity index (χ3v) is 3.09. The molecule has 0 aliphatic heterocycles. The van der Waals surface area contributed by atoms with E-state index in [1.54, 1.807) is 0 Å². The van der Waals surface area contributed by atoms with Crippen molar-refractivity contribution in [3.05, 3.63) is 47.0 Å². The van der Waals surface area contributed by atoms with Gasteiger partial charge in [0.25, 0.3) is 0 Å². The number of halogens is 1. The summed E-state index contributed by atoms with van der Waals surface area (Å²) in [5.41, 5.74) is 1.11. The second-order valence-corrected chi connectivity index (χ2v) is 4.81. The van der Waals surface area contributed by atoms with Gasteiger partial charge in [-0.3, -0.25) is 0 Å². The third kappa shape index (κ3) is 3.33. The van der Waals surface area contributed by atoms with Crippen molar-refractivity contribution in [3.63, 3.8) is 0 Å². The zero-order valence-corrected chi connectivity index (χ0v) is 11.4. The van der Waals surface area contributed by atoms with Gasteiger partial charge in [-0.05, 0) is 30.7 Å². The van der Waals surface area contributed by atoms with E-state index in [-0.39, 0.29) is 0 Å². The van der Waals surface area contributed by atoms with Crippen molar-refractivity contribution in [1.82, 2.24) is 9.55 Å². The second kappa shape index (κ2) is 5.87. The Morgan fingerprint density at radius 1 is 1.29 bits per heavy atom. The summed E-state index contributed by atoms with van der Waals surface area (Å²) in [6.07, 6.45) is 5.01. The maximum Gasteiger partial charge on any atom is 0.128 e. The van der Waals surface area contributed by atoms with Crippen LogP contribution in [0.1, 0.15) is 19.2 Å². The van der Waals surface area contributed by atoms with Crippen LogP contribution in [0, 0.1) is 0 Å². The van der Waals surface area contributed by atoms with Gasteiger partial charge in [-0.1, -0.05) is 22.9 Å². The lowest BCUT2D eigenvalue weighted by Gasteiger charge is -2.08. The summed E-state index contributed by atoms with van der Waals surface area (Å²) in [5, 5.41) is 3.37. The first-order chi connectivity index (χ1) is 8.29. The molecule has 17 heavy (non-hydrogen) atoms. The Balaban J connectivity index is 1.97. The van der Waals surface area contributed by atoms with Gasteiger partial charge in [0, 0.05) is 29.1 Å². The van der Waals surface area contributed by atoms with E-state index in [2.05, 4.69) is 49.9 Å². The number of rotatable bonds is 5. The maximum absolute atomic E-state index is 4.36. The standard InChI is InChI=1S/C13H16BrN3/c1-2-8-17-9-7-15-13(17)10-16-12-5-3-11(14)4-6-12/h3-7,9,16H,2,8,10H2,1H3. The molecule has 1 N–H and O–H groups in total. The predicted molar refractivity (Wildman–Crippen MR) is 74.0 cm³/mol. The molecule has 0 saturated carbocycles. The van der Waals surface area contributed by atoms with E-state index in [1.807, 2.05) is 24.5 Å². The average Bonchev–Trinajstić information content (AvgIpc) is 2.77. The van der Waals surface area contributed by atoms with E-state index in [0.29, 0.717) is 0 Å². The summed E-state index contributed by atoms with van der Waals surface area (Å²) in [7, 11) is 0. The van der Waals surface area contributed by atoms with E-state index in [1.165, 1.54) is 0 Å². The first-order valence-corrected chi connectivity index (χ1v) is 6.58. The molecule has 0 saturated heterocycles. The molecular formula is C13H16BrN3. The highest BCUT2D eigenvalue weighted by atomic mass is 79.9. The number of aryl methyl sites for hydroxylation is 1. The van der Waals surface area contributed by atoms with Crippen molar-refractivity contribution in [3.8, 4) is 0 Å². The Labute approximate surface area is 110 Å². The van der Waals surface area contributed by atoms with Crippen molar-refractivity contribution in [2.24, 2.45) is 0 Å². The third-order valence-electron chi connectivity index (χ3n) is 2.56. The zero-order valence-electron chi connectivity index (χ0n) is 9.86. The van der Waals surface area contributed by atoms with Gasteiger partial charge in [0.15, 0.2) is 0 Å². The number of aromatic nitrogens is 2. The Hall–Kier alpha value is -1.29. The minimum Gasteiger partial charge on any atom is -0.378 e. The molecule has 0 amide bonds. The molecule has 0 atom stereocenters. The van der Waals surface area contributed by atoms with Gasteiger partial charge in [-0.2, -0.15) is 0 Å². The van der Waals surface area contributed by atoms with E-state index < -0.39 is 0 Å². The fourth-order valence-corrected chi connectivity index (χ4v) is 1.96. The van der Waals surface area contributed by atoms with Crippen LogP contribution in [0.5, 0.6) is 0 Å². The van der Waals surface area contributed by atoms with Crippen LogP contribution < -0.4 is 5.32 Å². The maximum atomic E-state index is 4.36. The molecule has 4 heteroatoms. The van der Waals surface area contributed by atoms with E-state index in [0.717, 1.165) is 35.5 Å². The van der Waals surface area contributed by atoms with Gasteiger partial charge in [0.2, 0.25) is 0 Å². The Morgan fingerprint density at radius 3 is 2.76 bits per heavy atom. The number of benzene rings is 1. The van der Waals surface area contributed by atoms with Crippen LogP contribution in [-0.2, 0) is 13.1 Å². The van der Waals surface area contributed by atoms with Gasteiger partial charge < -0.3 is 9.88 Å². The summed E-state index contributed by atoms with van der Waals surface area (Å²) < 4.78 is 3.28. The van der Waals surface area contributed by atoms with Gasteiger partial charge in [-0.15, -0.1) is 0 Å². The summed E-state index contributed by atoms with van der Waals surface area (Å²) in [5.74, 6) is 1.08. The molecule has 0 fully saturated rings. The van der Waals surface area contributed by atoms with Crippen LogP contribution in [-0.4, -0.2) is 9.55 Å². The van der Waals surface area contributed by atoms with Crippen molar-refractivity contribution >= 4 is 21.6 Å². The number of hydrogen-bond acceptors (Lipinski definition) is 2. The van der Waals surface area contributed by atoms with Gasteiger partial charge in [0.05, 0.1) is 6.54 Å². The lowest BCUT2D eigenvalue weighted by molar-refractivity contribution is 0.644. The SMILES string of the molecule is CCCn1ccnc1CNc1ccc(Br)cc1. The molecule has 0 spiro atoms. The topological polar surface area (TPSA) is 29.9 Å². The lowest BCUT2D eigenvalue weighted by Crippen LogP contribution is -2.08. The summed E-state index contributed by atoms with van der Waals surface area (Å²) in [6.45, 7) is 3.96. The summed E-state index contributed by atoms with van der Waals surface area (Å²) >= 11 is 3.42. The minimum atomic E-state index is 0.759. The highest BCUT2D eigenvalue weighted by Gasteiger charge is 2.01. The quantitative estimate of drug-likeness (QED) is 0.912. The number of anilines is 1. The zero-order chi connectivity index (χ0) is 12.1. The van der Waals surface area contributed by atoms with Crippen LogP contribution in [0.25, 0.3) is 0 Å². The first kappa shape index (κ1) is 12.2. The van der Waals surface area contributed by atoms with E-state index in [9.17, 15) is 0 Å². The number of hydrogen-bond donors (Lipinski definition) is 1. The molecule has 1 aromatic carbocycles. The van der Waals surface area contributed by atoms with Crippen molar-refractivity contribution < 1.29 is 0 Å². The molecule has 0 radical (unpaired) electrons. The van der Waals surface area contributed by atoms with Crippen molar-refractivity contribution in [1.29, 1.82) is 0 Å². The smallest absolute Gasteiger partial charge is 0.128 e. The number of nitrogens with one attached hydrogen (secondary N) is 1. The Morgan fingerprint density at radius 2 is 2.06 bits per heavy atom. The molecule has 1 heterocycles. The van der Waals surface area contributed by atoms with E-state index in [4.69, 9.17) is 0 Å². The molecule has 90 valence electrons. The summed E-state index contributed by atoms with van der Waals surface area (Å²) in [6, 6.07) is 8.16. The predicted octanol–water partition coefficient (Wildman–Crippen LogP) is 3.67. The second-order valence-electron chi connectivity index (χ2n) is 3.90. The van der Waals surface area contributed by atoms with Crippen LogP contribution in [0.3, 0.4) is 0 Å². The normalized spacial score (nSPS) is 10.5. The van der Waals surface area contributed by atoms with Crippen LogP contribution in [0.15, 0.2) is 41.1 Å². The van der Waals surface area contributed by atoms with Gasteiger partial charge >= 0.3 is 0 Å². The molecule has 0 aliphatic carbocycles. The van der Waals surface area contributed by atoms with Crippen molar-refractivity contribution in [2.45, 2.75) is 26.4 Å². The average molecular weight is 294 g/mol. The van der Waals surface area contributed by atoms with Crippen molar-refractivity contribution in [2.75, 3.05) is 5.32 Å². The molecule has 0 bridgehead atoms. The molecule has 0 aliphatic rings. The highest BCUT2D eigenvalue weighted by molar-refractivity contribution is 9.10. The molecular weight excluding hydrogens is 278 g/mol. The van der Waals surface area contributed by atoms with Gasteiger partial charge in [0.1, 0.15) is 5.82 Å².